The van der Waals surface area contributed by atoms with Gasteiger partial charge in [0.2, 0.25) is 0 Å². The molecule has 0 bridgehead atoms. The maximum atomic E-state index is 10.4. The summed E-state index contributed by atoms with van der Waals surface area (Å²) in [5.41, 5.74) is 5.18. The van der Waals surface area contributed by atoms with Gasteiger partial charge in [-0.25, -0.2) is 4.98 Å². The van der Waals surface area contributed by atoms with Gasteiger partial charge in [-0.3, -0.25) is 4.79 Å². The third-order valence-electron chi connectivity index (χ3n) is 1.37. The minimum atomic E-state index is -1.37. The van der Waals surface area contributed by atoms with Crippen LogP contribution in [0, 0.1) is 0 Å². The Bertz CT molecular complexity index is 317. The summed E-state index contributed by atoms with van der Waals surface area (Å²) in [6, 6.07) is -1.37. The Labute approximate surface area is 82.8 Å². The van der Waals surface area contributed by atoms with E-state index >= 15 is 0 Å². The van der Waals surface area contributed by atoms with E-state index in [4.69, 9.17) is 22.4 Å². The molecule has 0 fully saturated rings. The standard InChI is InChI=1S/C6H7ClN2O3S/c7-2-1-9-5(13-2)4(10)3(8)6(11)12/h1,3-4,10H,8H2,(H,11,12). The van der Waals surface area contributed by atoms with Gasteiger partial charge in [0.05, 0.1) is 6.20 Å². The molecule has 0 amide bonds. The van der Waals surface area contributed by atoms with Crippen molar-refractivity contribution in [1.29, 1.82) is 0 Å². The number of aliphatic carboxylic acids is 1. The van der Waals surface area contributed by atoms with E-state index in [0.717, 1.165) is 11.3 Å². The number of aliphatic hydroxyl groups excluding tert-OH is 1. The minimum absolute atomic E-state index is 0.208. The smallest absolute Gasteiger partial charge is 0.323 e. The van der Waals surface area contributed by atoms with Crippen LogP contribution in [0.1, 0.15) is 11.1 Å². The first kappa shape index (κ1) is 10.4. The van der Waals surface area contributed by atoms with Crippen LogP contribution in [0.4, 0.5) is 0 Å². The second kappa shape index (κ2) is 4.01. The lowest BCUT2D eigenvalue weighted by molar-refractivity contribution is -0.141. The molecule has 1 heterocycles. The molecule has 0 spiro atoms. The highest BCUT2D eigenvalue weighted by Gasteiger charge is 2.25. The van der Waals surface area contributed by atoms with E-state index in [9.17, 15) is 9.90 Å². The molecule has 0 aliphatic carbocycles. The maximum absolute atomic E-state index is 10.4. The van der Waals surface area contributed by atoms with Crippen LogP contribution in [0.25, 0.3) is 0 Å². The van der Waals surface area contributed by atoms with Crippen LogP contribution in [0.15, 0.2) is 6.20 Å². The molecule has 0 saturated heterocycles. The number of hydrogen-bond donors (Lipinski definition) is 3. The van der Waals surface area contributed by atoms with Gasteiger partial charge in [0.25, 0.3) is 0 Å². The van der Waals surface area contributed by atoms with E-state index in [0.29, 0.717) is 4.34 Å². The van der Waals surface area contributed by atoms with Crippen LogP contribution < -0.4 is 5.73 Å². The first-order valence-electron chi connectivity index (χ1n) is 3.30. The van der Waals surface area contributed by atoms with Crippen molar-refractivity contribution < 1.29 is 15.0 Å². The summed E-state index contributed by atoms with van der Waals surface area (Å²) in [7, 11) is 0. The van der Waals surface area contributed by atoms with Crippen LogP contribution in [0.3, 0.4) is 0 Å². The number of carboxylic acids is 1. The molecule has 5 nitrogen and oxygen atoms in total. The molecule has 0 aliphatic rings. The van der Waals surface area contributed by atoms with Crippen molar-refractivity contribution in [1.82, 2.24) is 4.98 Å². The summed E-state index contributed by atoms with van der Waals surface area (Å²) < 4.78 is 0.381. The summed E-state index contributed by atoms with van der Waals surface area (Å²) in [5.74, 6) is -1.28. The van der Waals surface area contributed by atoms with Crippen LogP contribution in [0.2, 0.25) is 4.34 Å². The molecular formula is C6H7ClN2O3S. The molecule has 0 saturated carbocycles. The lowest BCUT2D eigenvalue weighted by atomic mass is 10.2. The van der Waals surface area contributed by atoms with Crippen LogP contribution >= 0.6 is 22.9 Å². The van der Waals surface area contributed by atoms with Gasteiger partial charge in [0.1, 0.15) is 21.5 Å². The van der Waals surface area contributed by atoms with E-state index in [1.807, 2.05) is 0 Å². The summed E-state index contributed by atoms with van der Waals surface area (Å²) >= 11 is 6.55. The largest absolute Gasteiger partial charge is 0.480 e. The molecule has 2 unspecified atom stereocenters. The second-order valence-electron chi connectivity index (χ2n) is 2.31. The molecule has 4 N–H and O–H groups in total. The fraction of sp³-hybridized carbons (Fsp3) is 0.333. The normalized spacial score (nSPS) is 15.3. The fourth-order valence-corrected chi connectivity index (χ4v) is 1.66. The molecule has 1 rings (SSSR count). The lowest BCUT2D eigenvalue weighted by Crippen LogP contribution is -2.36. The van der Waals surface area contributed by atoms with Gasteiger partial charge in [-0.05, 0) is 0 Å². The van der Waals surface area contributed by atoms with Crippen molar-refractivity contribution in [2.24, 2.45) is 5.73 Å². The Morgan fingerprint density at radius 3 is 2.77 bits per heavy atom. The topological polar surface area (TPSA) is 96.4 Å². The van der Waals surface area contributed by atoms with Crippen molar-refractivity contribution in [3.05, 3.63) is 15.5 Å². The second-order valence-corrected chi connectivity index (χ2v) is 4.01. The van der Waals surface area contributed by atoms with E-state index < -0.39 is 18.1 Å². The number of aliphatic hydroxyl groups is 1. The zero-order valence-corrected chi connectivity index (χ0v) is 7.92. The highest BCUT2D eigenvalue weighted by molar-refractivity contribution is 7.15. The third kappa shape index (κ3) is 2.38. The Balaban J connectivity index is 2.78. The molecule has 1 aromatic heterocycles. The van der Waals surface area contributed by atoms with Gasteiger partial charge >= 0.3 is 5.97 Å². The van der Waals surface area contributed by atoms with Crippen molar-refractivity contribution in [2.45, 2.75) is 12.1 Å². The van der Waals surface area contributed by atoms with Gasteiger partial charge < -0.3 is 15.9 Å². The number of rotatable bonds is 3. The van der Waals surface area contributed by atoms with Crippen LogP contribution in [-0.4, -0.2) is 27.2 Å². The first-order chi connectivity index (χ1) is 6.02. The summed E-state index contributed by atoms with van der Waals surface area (Å²) in [4.78, 5) is 14.1. The molecule has 13 heavy (non-hydrogen) atoms. The predicted octanol–water partition coefficient (Wildman–Crippen LogP) is 0.242. The molecule has 72 valence electrons. The lowest BCUT2D eigenvalue weighted by Gasteiger charge is -2.11. The summed E-state index contributed by atoms with van der Waals surface area (Å²) in [5, 5.41) is 18.0. The Morgan fingerprint density at radius 1 is 1.77 bits per heavy atom. The number of thiazole rings is 1. The van der Waals surface area contributed by atoms with Gasteiger partial charge in [0, 0.05) is 0 Å². The molecular weight excluding hydrogens is 216 g/mol. The molecule has 0 aliphatic heterocycles. The number of carboxylic acid groups (broad SMARTS) is 1. The van der Waals surface area contributed by atoms with Crippen LogP contribution in [0.5, 0.6) is 0 Å². The van der Waals surface area contributed by atoms with Crippen LogP contribution in [-0.2, 0) is 4.79 Å². The minimum Gasteiger partial charge on any atom is -0.480 e. The quantitative estimate of drug-likeness (QED) is 0.681. The van der Waals surface area contributed by atoms with Crippen molar-refractivity contribution in [2.75, 3.05) is 0 Å². The average molecular weight is 223 g/mol. The fourth-order valence-electron chi connectivity index (χ4n) is 0.692. The monoisotopic (exact) mass is 222 g/mol. The SMILES string of the molecule is NC(C(=O)O)C(O)c1ncc(Cl)s1. The highest BCUT2D eigenvalue weighted by Crippen LogP contribution is 2.25. The number of carbonyl (C=O) groups is 1. The highest BCUT2D eigenvalue weighted by atomic mass is 35.5. The number of nitrogens with zero attached hydrogens (tertiary/aromatic N) is 1. The van der Waals surface area contributed by atoms with Crippen molar-refractivity contribution >= 4 is 28.9 Å². The predicted molar refractivity (Wildman–Crippen MR) is 47.7 cm³/mol. The average Bonchev–Trinajstić information content (AvgIpc) is 2.49. The molecule has 7 heteroatoms. The zero-order chi connectivity index (χ0) is 10.0. The van der Waals surface area contributed by atoms with E-state index in [1.165, 1.54) is 6.20 Å². The Hall–Kier alpha value is -0.690. The van der Waals surface area contributed by atoms with Gasteiger partial charge in [-0.15, -0.1) is 11.3 Å². The van der Waals surface area contributed by atoms with E-state index in [2.05, 4.69) is 4.98 Å². The van der Waals surface area contributed by atoms with Crippen molar-refractivity contribution in [3.63, 3.8) is 0 Å². The molecule has 1 aromatic rings. The number of nitrogens with two attached hydrogens (primary N) is 1. The number of hydrogen-bond acceptors (Lipinski definition) is 5. The van der Waals surface area contributed by atoms with E-state index in [-0.39, 0.29) is 5.01 Å². The molecule has 0 radical (unpaired) electrons. The first-order valence-corrected chi connectivity index (χ1v) is 4.49. The zero-order valence-electron chi connectivity index (χ0n) is 6.35. The maximum Gasteiger partial charge on any atom is 0.323 e. The number of halogens is 1. The summed E-state index contributed by atoms with van der Waals surface area (Å²) in [6.45, 7) is 0. The number of aromatic nitrogens is 1. The van der Waals surface area contributed by atoms with Gasteiger partial charge in [0.15, 0.2) is 0 Å². The van der Waals surface area contributed by atoms with Gasteiger partial charge in [-0.1, -0.05) is 11.6 Å². The molecule has 2 atom stereocenters. The summed E-state index contributed by atoms with van der Waals surface area (Å²) in [6.07, 6.45) is 0.0225. The van der Waals surface area contributed by atoms with Crippen molar-refractivity contribution in [3.8, 4) is 0 Å². The van der Waals surface area contributed by atoms with Gasteiger partial charge in [-0.2, -0.15) is 0 Å². The molecule has 0 aromatic carbocycles. The Kier molecular flexibility index (Phi) is 3.21. The van der Waals surface area contributed by atoms with E-state index in [1.54, 1.807) is 0 Å². The third-order valence-corrected chi connectivity index (χ3v) is 2.56. The Morgan fingerprint density at radius 2 is 2.38 bits per heavy atom.